The predicted molar refractivity (Wildman–Crippen MR) is 135 cm³/mol. The van der Waals surface area contributed by atoms with Crippen molar-refractivity contribution in [3.8, 4) is 11.5 Å². The first-order chi connectivity index (χ1) is 17.3. The number of amides is 1. The number of aryl methyl sites for hydroxylation is 1. The lowest BCUT2D eigenvalue weighted by Gasteiger charge is -2.14. The van der Waals surface area contributed by atoms with Crippen LogP contribution in [0.5, 0.6) is 11.5 Å². The standard InChI is InChI=1S/C26H29N3O6S/c1-17-24-20(28-29-36(31,32)19-8-5-4-6-9-19)10-7-11-22(24)35-25(17)26(30)27-15-14-18-12-13-21(33-2)23(16-18)34-3/h4-6,8-9,12-13,16,29H,7,10-11,14-15H2,1-3H3,(H,27,30)/b28-20+. The maximum Gasteiger partial charge on any atom is 0.287 e. The average molecular weight is 512 g/mol. The van der Waals surface area contributed by atoms with Crippen molar-refractivity contribution < 1.29 is 27.1 Å². The van der Waals surface area contributed by atoms with Crippen LogP contribution in [0.1, 0.15) is 45.8 Å². The van der Waals surface area contributed by atoms with Crippen LogP contribution in [-0.4, -0.2) is 40.8 Å². The second-order valence-electron chi connectivity index (χ2n) is 8.37. The van der Waals surface area contributed by atoms with Crippen LogP contribution in [0.2, 0.25) is 0 Å². The second kappa shape index (κ2) is 10.9. The highest BCUT2D eigenvalue weighted by Gasteiger charge is 2.28. The van der Waals surface area contributed by atoms with Crippen LogP contribution in [0.4, 0.5) is 0 Å². The molecule has 10 heteroatoms. The lowest BCUT2D eigenvalue weighted by Crippen LogP contribution is -2.26. The van der Waals surface area contributed by atoms with E-state index in [9.17, 15) is 13.2 Å². The predicted octanol–water partition coefficient (Wildman–Crippen LogP) is 3.60. The van der Waals surface area contributed by atoms with E-state index < -0.39 is 10.0 Å². The van der Waals surface area contributed by atoms with Crippen molar-refractivity contribution >= 4 is 21.6 Å². The van der Waals surface area contributed by atoms with Crippen molar-refractivity contribution in [1.82, 2.24) is 10.1 Å². The smallest absolute Gasteiger partial charge is 0.287 e. The molecule has 2 aromatic carbocycles. The molecule has 0 fully saturated rings. The highest BCUT2D eigenvalue weighted by molar-refractivity contribution is 7.89. The van der Waals surface area contributed by atoms with Gasteiger partial charge in [-0.25, -0.2) is 0 Å². The largest absolute Gasteiger partial charge is 0.493 e. The normalized spacial score (nSPS) is 14.2. The minimum Gasteiger partial charge on any atom is -0.493 e. The Morgan fingerprint density at radius 3 is 2.53 bits per heavy atom. The van der Waals surface area contributed by atoms with Gasteiger partial charge in [0.15, 0.2) is 17.3 Å². The van der Waals surface area contributed by atoms with Gasteiger partial charge in [-0.2, -0.15) is 18.4 Å². The van der Waals surface area contributed by atoms with Crippen LogP contribution >= 0.6 is 0 Å². The van der Waals surface area contributed by atoms with Crippen molar-refractivity contribution in [3.63, 3.8) is 0 Å². The Bertz CT molecular complexity index is 1380. The van der Waals surface area contributed by atoms with Gasteiger partial charge in [-0.1, -0.05) is 24.3 Å². The highest BCUT2D eigenvalue weighted by Crippen LogP contribution is 2.30. The summed E-state index contributed by atoms with van der Waals surface area (Å²) in [7, 11) is -0.638. The summed E-state index contributed by atoms with van der Waals surface area (Å²) in [5, 5.41) is 7.10. The van der Waals surface area contributed by atoms with E-state index in [4.69, 9.17) is 13.9 Å². The Morgan fingerprint density at radius 1 is 1.06 bits per heavy atom. The van der Waals surface area contributed by atoms with Gasteiger partial charge < -0.3 is 19.2 Å². The van der Waals surface area contributed by atoms with Crippen LogP contribution < -0.4 is 19.6 Å². The maximum absolute atomic E-state index is 12.9. The van der Waals surface area contributed by atoms with Crippen LogP contribution in [0.15, 0.2) is 62.9 Å². The zero-order valence-corrected chi connectivity index (χ0v) is 21.3. The van der Waals surface area contributed by atoms with Gasteiger partial charge in [-0.15, -0.1) is 0 Å². The fourth-order valence-electron chi connectivity index (χ4n) is 4.20. The third-order valence-corrected chi connectivity index (χ3v) is 7.26. The molecule has 0 bridgehead atoms. The average Bonchev–Trinajstić information content (AvgIpc) is 3.25. The molecule has 9 nitrogen and oxygen atoms in total. The molecule has 1 aliphatic carbocycles. The lowest BCUT2D eigenvalue weighted by molar-refractivity contribution is 0.0923. The zero-order chi connectivity index (χ0) is 25.7. The molecule has 2 N–H and O–H groups in total. The molecule has 0 atom stereocenters. The molecule has 0 saturated heterocycles. The number of methoxy groups -OCH3 is 2. The first-order valence-electron chi connectivity index (χ1n) is 11.6. The molecule has 1 heterocycles. The van der Waals surface area contributed by atoms with Crippen molar-refractivity contribution in [2.24, 2.45) is 5.10 Å². The second-order valence-corrected chi connectivity index (χ2v) is 10.0. The summed E-state index contributed by atoms with van der Waals surface area (Å²) in [6.07, 6.45) is 2.57. The number of furan rings is 1. The number of carbonyl (C=O) groups excluding carboxylic acids is 1. The zero-order valence-electron chi connectivity index (χ0n) is 20.5. The SMILES string of the molecule is COc1ccc(CCNC(=O)c2oc3c(c2C)/C(=N/NS(=O)(=O)c2ccccc2)CCC3)cc1OC. The molecule has 1 amide bonds. The molecule has 0 saturated carbocycles. The van der Waals surface area contributed by atoms with Crippen molar-refractivity contribution in [2.45, 2.75) is 37.5 Å². The third kappa shape index (κ3) is 5.38. The number of rotatable bonds is 9. The number of hydrogen-bond donors (Lipinski definition) is 2. The Balaban J connectivity index is 1.46. The van der Waals surface area contributed by atoms with Crippen molar-refractivity contribution in [1.29, 1.82) is 0 Å². The molecule has 0 unspecified atom stereocenters. The van der Waals surface area contributed by atoms with Gasteiger partial charge in [-0.05, 0) is 56.0 Å². The molecule has 1 aliphatic rings. The van der Waals surface area contributed by atoms with E-state index in [0.717, 1.165) is 12.0 Å². The Hall–Kier alpha value is -3.79. The van der Waals surface area contributed by atoms with Gasteiger partial charge in [0.05, 0.1) is 24.8 Å². The summed E-state index contributed by atoms with van der Waals surface area (Å²) in [6, 6.07) is 13.7. The fraction of sp³-hybridized carbons (Fsp3) is 0.308. The van der Waals surface area contributed by atoms with Crippen LogP contribution in [0.3, 0.4) is 0 Å². The third-order valence-electron chi connectivity index (χ3n) is 6.03. The van der Waals surface area contributed by atoms with Crippen LogP contribution in [-0.2, 0) is 22.9 Å². The van der Waals surface area contributed by atoms with Crippen molar-refractivity contribution in [3.05, 3.63) is 76.7 Å². The minimum atomic E-state index is -3.80. The number of nitrogens with zero attached hydrogens (tertiary/aromatic N) is 1. The van der Waals surface area contributed by atoms with Crippen LogP contribution in [0, 0.1) is 6.92 Å². The van der Waals surface area contributed by atoms with Gasteiger partial charge in [0, 0.05) is 24.1 Å². The number of benzene rings is 2. The molecule has 0 spiro atoms. The first kappa shape index (κ1) is 25.3. The molecule has 190 valence electrons. The van der Waals surface area contributed by atoms with E-state index in [-0.39, 0.29) is 16.6 Å². The summed E-state index contributed by atoms with van der Waals surface area (Å²) in [5.74, 6) is 1.80. The summed E-state index contributed by atoms with van der Waals surface area (Å²) >= 11 is 0. The number of nitrogens with one attached hydrogen (secondary N) is 2. The molecule has 0 radical (unpaired) electrons. The first-order valence-corrected chi connectivity index (χ1v) is 13.1. The minimum absolute atomic E-state index is 0.129. The number of fused-ring (bicyclic) bond motifs is 1. The number of hydrazone groups is 1. The van der Waals surface area contributed by atoms with E-state index in [1.807, 2.05) is 18.2 Å². The van der Waals surface area contributed by atoms with Gasteiger partial charge in [0.1, 0.15) is 5.76 Å². The Kier molecular flexibility index (Phi) is 7.64. The van der Waals surface area contributed by atoms with E-state index in [1.54, 1.807) is 39.3 Å². The molecule has 0 aliphatic heterocycles. The maximum atomic E-state index is 12.9. The topological polar surface area (TPSA) is 119 Å². The Labute approximate surface area is 210 Å². The lowest BCUT2D eigenvalue weighted by atomic mass is 9.93. The van der Waals surface area contributed by atoms with E-state index in [0.29, 0.717) is 59.9 Å². The molecule has 36 heavy (non-hydrogen) atoms. The number of ether oxygens (including phenoxy) is 2. The van der Waals surface area contributed by atoms with Crippen molar-refractivity contribution in [2.75, 3.05) is 20.8 Å². The summed E-state index contributed by atoms with van der Waals surface area (Å²) in [6.45, 7) is 2.19. The van der Waals surface area contributed by atoms with Gasteiger partial charge in [0.25, 0.3) is 15.9 Å². The van der Waals surface area contributed by atoms with E-state index in [2.05, 4.69) is 15.2 Å². The monoisotopic (exact) mass is 511 g/mol. The molecule has 1 aromatic heterocycles. The quantitative estimate of drug-likeness (QED) is 0.424. The summed E-state index contributed by atoms with van der Waals surface area (Å²) < 4.78 is 41.6. The van der Waals surface area contributed by atoms with Gasteiger partial charge >= 0.3 is 0 Å². The van der Waals surface area contributed by atoms with E-state index >= 15 is 0 Å². The van der Waals surface area contributed by atoms with Gasteiger partial charge in [-0.3, -0.25) is 4.79 Å². The number of sulfonamides is 1. The summed E-state index contributed by atoms with van der Waals surface area (Å²) in [4.78, 5) is 15.4. The highest BCUT2D eigenvalue weighted by atomic mass is 32.2. The van der Waals surface area contributed by atoms with Gasteiger partial charge in [0.2, 0.25) is 0 Å². The number of hydrogen-bond acceptors (Lipinski definition) is 7. The van der Waals surface area contributed by atoms with Crippen LogP contribution in [0.25, 0.3) is 0 Å². The fourth-order valence-corrected chi connectivity index (χ4v) is 5.05. The summed E-state index contributed by atoms with van der Waals surface area (Å²) in [5.41, 5.74) is 2.89. The number of carbonyl (C=O) groups is 1. The molecule has 3 aromatic rings. The molecular formula is C26H29N3O6S. The molecular weight excluding hydrogens is 482 g/mol. The van der Waals surface area contributed by atoms with E-state index in [1.165, 1.54) is 12.1 Å². The molecule has 4 rings (SSSR count). The Morgan fingerprint density at radius 2 is 1.81 bits per heavy atom.